The summed E-state index contributed by atoms with van der Waals surface area (Å²) in [7, 11) is 0. The Kier molecular flexibility index (Phi) is 4.28. The van der Waals surface area contributed by atoms with Crippen LogP contribution in [0.15, 0.2) is 30.3 Å². The van der Waals surface area contributed by atoms with Gasteiger partial charge in [-0.25, -0.2) is 0 Å². The van der Waals surface area contributed by atoms with Gasteiger partial charge in [-0.2, -0.15) is 0 Å². The molecule has 0 aliphatic carbocycles. The predicted octanol–water partition coefficient (Wildman–Crippen LogP) is 3.87. The molecule has 1 aromatic rings. The van der Waals surface area contributed by atoms with Crippen molar-refractivity contribution in [3.05, 3.63) is 35.9 Å². The van der Waals surface area contributed by atoms with E-state index in [4.69, 9.17) is 0 Å². The minimum atomic E-state index is -0.212. The van der Waals surface area contributed by atoms with Crippen molar-refractivity contribution >= 4 is 5.78 Å². The Morgan fingerprint density at radius 2 is 1.75 bits per heavy atom. The molecule has 1 atom stereocenters. The number of carbonyl (C=O) groups is 1. The van der Waals surface area contributed by atoms with Crippen molar-refractivity contribution in [2.45, 2.75) is 40.5 Å². The summed E-state index contributed by atoms with van der Waals surface area (Å²) in [6.45, 7) is 8.02. The molecule has 0 aromatic heterocycles. The molecular weight excluding hydrogens is 196 g/mol. The molecule has 0 N–H and O–H groups in total. The molecule has 88 valence electrons. The van der Waals surface area contributed by atoms with Gasteiger partial charge in [-0.1, -0.05) is 58.0 Å². The highest BCUT2D eigenvalue weighted by Gasteiger charge is 2.25. The second-order valence-corrected chi connectivity index (χ2v) is 5.54. The molecule has 0 bridgehead atoms. The second-order valence-electron chi connectivity index (χ2n) is 5.54. The lowest BCUT2D eigenvalue weighted by atomic mass is 9.81. The topological polar surface area (TPSA) is 17.1 Å². The fraction of sp³-hybridized carbons (Fsp3) is 0.533. The minimum Gasteiger partial charge on any atom is -0.299 e. The van der Waals surface area contributed by atoms with Crippen LogP contribution in [-0.2, 0) is 11.2 Å². The van der Waals surface area contributed by atoms with Gasteiger partial charge in [0, 0.05) is 11.3 Å². The molecule has 1 rings (SSSR count). The van der Waals surface area contributed by atoms with E-state index in [0.29, 0.717) is 5.78 Å². The predicted molar refractivity (Wildman–Crippen MR) is 68.4 cm³/mol. The molecule has 0 aliphatic heterocycles. The van der Waals surface area contributed by atoms with Gasteiger partial charge < -0.3 is 0 Å². The van der Waals surface area contributed by atoms with E-state index in [0.717, 1.165) is 12.8 Å². The summed E-state index contributed by atoms with van der Waals surface area (Å²) in [6, 6.07) is 10.4. The highest BCUT2D eigenvalue weighted by Crippen LogP contribution is 2.22. The van der Waals surface area contributed by atoms with E-state index in [2.05, 4.69) is 12.1 Å². The maximum Gasteiger partial charge on any atom is 0.141 e. The van der Waals surface area contributed by atoms with Gasteiger partial charge in [-0.3, -0.25) is 4.79 Å². The number of ketones is 1. The van der Waals surface area contributed by atoms with E-state index in [1.807, 2.05) is 45.9 Å². The van der Waals surface area contributed by atoms with Crippen molar-refractivity contribution in [2.24, 2.45) is 11.3 Å². The van der Waals surface area contributed by atoms with Crippen LogP contribution < -0.4 is 0 Å². The molecule has 1 heteroatoms. The van der Waals surface area contributed by atoms with E-state index in [1.165, 1.54) is 5.56 Å². The summed E-state index contributed by atoms with van der Waals surface area (Å²) in [6.07, 6.45) is 1.93. The van der Waals surface area contributed by atoms with Crippen molar-refractivity contribution in [3.8, 4) is 0 Å². The van der Waals surface area contributed by atoms with Gasteiger partial charge in [-0.05, 0) is 18.4 Å². The maximum atomic E-state index is 12.0. The van der Waals surface area contributed by atoms with Crippen LogP contribution in [0.25, 0.3) is 0 Å². The molecule has 0 saturated carbocycles. The molecule has 0 radical (unpaired) electrons. The summed E-state index contributed by atoms with van der Waals surface area (Å²) in [4.78, 5) is 12.0. The van der Waals surface area contributed by atoms with E-state index >= 15 is 0 Å². The molecule has 0 saturated heterocycles. The van der Waals surface area contributed by atoms with Gasteiger partial charge in [0.15, 0.2) is 0 Å². The average Bonchev–Trinajstić information content (AvgIpc) is 2.25. The highest BCUT2D eigenvalue weighted by atomic mass is 16.1. The average molecular weight is 218 g/mol. The van der Waals surface area contributed by atoms with Gasteiger partial charge in [0.25, 0.3) is 0 Å². The Morgan fingerprint density at radius 3 is 2.25 bits per heavy atom. The molecule has 0 spiro atoms. The summed E-state index contributed by atoms with van der Waals surface area (Å²) < 4.78 is 0. The van der Waals surface area contributed by atoms with Crippen molar-refractivity contribution in [1.82, 2.24) is 0 Å². The quantitative estimate of drug-likeness (QED) is 0.749. The molecular formula is C15H22O. The number of hydrogen-bond acceptors (Lipinski definition) is 1. The first-order valence-electron chi connectivity index (χ1n) is 5.99. The zero-order valence-electron chi connectivity index (χ0n) is 10.8. The van der Waals surface area contributed by atoms with Crippen LogP contribution in [-0.4, -0.2) is 5.78 Å². The van der Waals surface area contributed by atoms with E-state index in [9.17, 15) is 4.79 Å². The lowest BCUT2D eigenvalue weighted by Gasteiger charge is -2.21. The van der Waals surface area contributed by atoms with Gasteiger partial charge in [0.05, 0.1) is 0 Å². The Morgan fingerprint density at radius 1 is 1.19 bits per heavy atom. The van der Waals surface area contributed by atoms with Gasteiger partial charge in [0.1, 0.15) is 5.78 Å². The number of Topliss-reactive ketones (excluding diaryl/α,β-unsaturated/α-hetero) is 1. The number of hydrogen-bond donors (Lipinski definition) is 0. The third-order valence-corrected chi connectivity index (χ3v) is 2.90. The van der Waals surface area contributed by atoms with Crippen LogP contribution in [0.2, 0.25) is 0 Å². The fourth-order valence-electron chi connectivity index (χ4n) is 1.90. The molecule has 0 amide bonds. The second kappa shape index (κ2) is 5.29. The van der Waals surface area contributed by atoms with E-state index in [1.54, 1.807) is 0 Å². The molecule has 16 heavy (non-hydrogen) atoms. The van der Waals surface area contributed by atoms with Crippen molar-refractivity contribution in [3.63, 3.8) is 0 Å². The van der Waals surface area contributed by atoms with Gasteiger partial charge in [-0.15, -0.1) is 0 Å². The van der Waals surface area contributed by atoms with Crippen molar-refractivity contribution in [1.29, 1.82) is 0 Å². The van der Waals surface area contributed by atoms with Gasteiger partial charge in [0.2, 0.25) is 0 Å². The van der Waals surface area contributed by atoms with E-state index in [-0.39, 0.29) is 11.3 Å². The van der Waals surface area contributed by atoms with Crippen LogP contribution >= 0.6 is 0 Å². The summed E-state index contributed by atoms with van der Waals surface area (Å²) in [5.74, 6) is 0.517. The Balaban J connectivity index is 2.48. The number of rotatable bonds is 4. The van der Waals surface area contributed by atoms with Crippen molar-refractivity contribution < 1.29 is 4.79 Å². The van der Waals surface area contributed by atoms with E-state index < -0.39 is 0 Å². The number of carbonyl (C=O) groups excluding carboxylic acids is 1. The first-order chi connectivity index (χ1) is 7.41. The molecule has 1 nitrogen and oxygen atoms in total. The Labute approximate surface area is 98.9 Å². The first-order valence-corrected chi connectivity index (χ1v) is 5.99. The maximum absolute atomic E-state index is 12.0. The highest BCUT2D eigenvalue weighted by molar-refractivity contribution is 5.85. The zero-order valence-corrected chi connectivity index (χ0v) is 10.8. The van der Waals surface area contributed by atoms with Crippen LogP contribution in [0.4, 0.5) is 0 Å². The summed E-state index contributed by atoms with van der Waals surface area (Å²) in [5.41, 5.74) is 1.10. The molecule has 0 fully saturated rings. The zero-order chi connectivity index (χ0) is 12.2. The lowest BCUT2D eigenvalue weighted by molar-refractivity contribution is -0.130. The Hall–Kier alpha value is -1.11. The summed E-state index contributed by atoms with van der Waals surface area (Å²) >= 11 is 0. The minimum absolute atomic E-state index is 0.153. The lowest BCUT2D eigenvalue weighted by Crippen LogP contribution is -2.26. The molecule has 1 aromatic carbocycles. The molecule has 0 aliphatic rings. The molecule has 0 heterocycles. The van der Waals surface area contributed by atoms with Crippen LogP contribution in [0.1, 0.15) is 39.7 Å². The largest absolute Gasteiger partial charge is 0.299 e. The fourth-order valence-corrected chi connectivity index (χ4v) is 1.90. The smallest absolute Gasteiger partial charge is 0.141 e. The number of benzene rings is 1. The molecule has 0 unspecified atom stereocenters. The van der Waals surface area contributed by atoms with Crippen LogP contribution in [0.5, 0.6) is 0 Å². The summed E-state index contributed by atoms with van der Waals surface area (Å²) in [5, 5.41) is 0. The van der Waals surface area contributed by atoms with Crippen LogP contribution in [0, 0.1) is 11.3 Å². The third-order valence-electron chi connectivity index (χ3n) is 2.90. The SMILES string of the molecule is C[C@H](CCc1ccccc1)C(=O)C(C)(C)C. The van der Waals surface area contributed by atoms with Crippen molar-refractivity contribution in [2.75, 3.05) is 0 Å². The standard InChI is InChI=1S/C15H22O/c1-12(14(16)15(2,3)4)10-11-13-8-6-5-7-9-13/h5-9,12H,10-11H2,1-4H3/t12-/m1/s1. The number of aryl methyl sites for hydroxylation is 1. The van der Waals surface area contributed by atoms with Gasteiger partial charge >= 0.3 is 0 Å². The monoisotopic (exact) mass is 218 g/mol. The van der Waals surface area contributed by atoms with Crippen LogP contribution in [0.3, 0.4) is 0 Å². The normalized spacial score (nSPS) is 13.5. The third kappa shape index (κ3) is 3.80. The first kappa shape index (κ1) is 13.0. The Bertz CT molecular complexity index is 332.